The first-order valence-corrected chi connectivity index (χ1v) is 16.4. The maximum Gasteiger partial charge on any atom is -0.0414 e. The lowest BCUT2D eigenvalue weighted by Crippen LogP contribution is -2.01. The van der Waals surface area contributed by atoms with E-state index in [1.165, 1.54) is 167 Å². The number of unbranched alkanes of at least 4 members (excludes halogenated alkanes) is 19. The Morgan fingerprint density at radius 3 is 1.15 bits per heavy atom. The summed E-state index contributed by atoms with van der Waals surface area (Å²) in [5.41, 5.74) is 0. The second-order valence-electron chi connectivity index (χ2n) is 12.4. The fraction of sp³-hybridized carbons (Fsp3) is 0.971. The SMILES string of the molecule is [CH2]C(CCCCCCCCCCCCC(C)C)CCC(C)CCCCCCCCCCCCC. The van der Waals surface area contributed by atoms with Crippen LogP contribution in [0.2, 0.25) is 0 Å². The van der Waals surface area contributed by atoms with Gasteiger partial charge in [0.1, 0.15) is 0 Å². The molecule has 2 atom stereocenters. The summed E-state index contributed by atoms with van der Waals surface area (Å²) in [6, 6.07) is 0. The van der Waals surface area contributed by atoms with Crippen LogP contribution in [-0.4, -0.2) is 0 Å². The van der Waals surface area contributed by atoms with Crippen molar-refractivity contribution in [3.63, 3.8) is 0 Å². The van der Waals surface area contributed by atoms with E-state index in [-0.39, 0.29) is 0 Å². The number of rotatable bonds is 28. The van der Waals surface area contributed by atoms with Crippen molar-refractivity contribution >= 4 is 0 Å². The molecule has 0 aromatic heterocycles. The van der Waals surface area contributed by atoms with Crippen molar-refractivity contribution in [3.8, 4) is 0 Å². The molecule has 0 spiro atoms. The highest BCUT2D eigenvalue weighted by Gasteiger charge is 2.07. The number of hydrogen-bond acceptors (Lipinski definition) is 0. The van der Waals surface area contributed by atoms with E-state index in [0.29, 0.717) is 5.92 Å². The van der Waals surface area contributed by atoms with Crippen molar-refractivity contribution in [1.29, 1.82) is 0 Å². The Morgan fingerprint density at radius 1 is 0.382 bits per heavy atom. The smallest absolute Gasteiger partial charge is 0.0414 e. The maximum atomic E-state index is 4.47. The van der Waals surface area contributed by atoms with E-state index in [0.717, 1.165) is 11.8 Å². The summed E-state index contributed by atoms with van der Waals surface area (Å²) in [6.07, 6.45) is 37.6. The lowest BCUT2D eigenvalue weighted by atomic mass is 9.91. The highest BCUT2D eigenvalue weighted by molar-refractivity contribution is 4.65. The predicted molar refractivity (Wildman–Crippen MR) is 159 cm³/mol. The fourth-order valence-corrected chi connectivity index (χ4v) is 5.37. The molecule has 0 bridgehead atoms. The minimum atomic E-state index is 0.700. The molecular formula is C34H69. The van der Waals surface area contributed by atoms with Gasteiger partial charge in [0.15, 0.2) is 0 Å². The molecule has 0 heterocycles. The first-order valence-electron chi connectivity index (χ1n) is 16.4. The van der Waals surface area contributed by atoms with Crippen LogP contribution in [0.4, 0.5) is 0 Å². The molecule has 0 amide bonds. The summed E-state index contributed by atoms with van der Waals surface area (Å²) < 4.78 is 0. The van der Waals surface area contributed by atoms with Crippen molar-refractivity contribution in [2.45, 2.75) is 195 Å². The van der Waals surface area contributed by atoms with Gasteiger partial charge in [-0.15, -0.1) is 0 Å². The lowest BCUT2D eigenvalue weighted by Gasteiger charge is -2.15. The monoisotopic (exact) mass is 478 g/mol. The van der Waals surface area contributed by atoms with Gasteiger partial charge in [0, 0.05) is 0 Å². The van der Waals surface area contributed by atoms with Crippen LogP contribution in [0.15, 0.2) is 0 Å². The highest BCUT2D eigenvalue weighted by atomic mass is 14.1. The quantitative estimate of drug-likeness (QED) is 0.0982. The Bertz CT molecular complexity index is 357. The average Bonchev–Trinajstić information content (AvgIpc) is 2.81. The summed E-state index contributed by atoms with van der Waals surface area (Å²) in [4.78, 5) is 0. The van der Waals surface area contributed by atoms with Crippen LogP contribution in [-0.2, 0) is 0 Å². The molecule has 0 heteroatoms. The van der Waals surface area contributed by atoms with Crippen LogP contribution >= 0.6 is 0 Å². The Morgan fingerprint density at radius 2 is 0.735 bits per heavy atom. The minimum absolute atomic E-state index is 0.700. The molecule has 0 aromatic carbocycles. The topological polar surface area (TPSA) is 0 Å². The average molecular weight is 478 g/mol. The highest BCUT2D eigenvalue weighted by Crippen LogP contribution is 2.22. The largest absolute Gasteiger partial charge is 0.0654 e. The molecule has 0 saturated carbocycles. The summed E-state index contributed by atoms with van der Waals surface area (Å²) in [7, 11) is 0. The third-order valence-corrected chi connectivity index (χ3v) is 8.01. The fourth-order valence-electron chi connectivity index (χ4n) is 5.37. The molecule has 0 fully saturated rings. The van der Waals surface area contributed by atoms with E-state index in [9.17, 15) is 0 Å². The molecule has 0 N–H and O–H groups in total. The van der Waals surface area contributed by atoms with Gasteiger partial charge in [-0.1, -0.05) is 202 Å². The normalized spacial score (nSPS) is 13.6. The molecule has 0 aliphatic carbocycles. The lowest BCUT2D eigenvalue weighted by molar-refractivity contribution is 0.395. The summed E-state index contributed by atoms with van der Waals surface area (Å²) in [5, 5.41) is 0. The van der Waals surface area contributed by atoms with E-state index in [2.05, 4.69) is 34.6 Å². The predicted octanol–water partition coefficient (Wildman–Crippen LogP) is 12.9. The van der Waals surface area contributed by atoms with E-state index in [4.69, 9.17) is 0 Å². The summed E-state index contributed by atoms with van der Waals surface area (Å²) >= 11 is 0. The molecule has 1 radical (unpaired) electrons. The van der Waals surface area contributed by atoms with E-state index >= 15 is 0 Å². The molecule has 34 heavy (non-hydrogen) atoms. The maximum absolute atomic E-state index is 4.47. The van der Waals surface area contributed by atoms with Crippen LogP contribution in [0.25, 0.3) is 0 Å². The second-order valence-corrected chi connectivity index (χ2v) is 12.4. The zero-order valence-corrected chi connectivity index (χ0v) is 24.8. The molecule has 0 saturated heterocycles. The van der Waals surface area contributed by atoms with Gasteiger partial charge >= 0.3 is 0 Å². The Hall–Kier alpha value is 0. The molecule has 0 aromatic rings. The molecule has 0 nitrogen and oxygen atoms in total. The van der Waals surface area contributed by atoms with Gasteiger partial charge in [-0.05, 0) is 17.8 Å². The van der Waals surface area contributed by atoms with Crippen molar-refractivity contribution in [2.24, 2.45) is 17.8 Å². The molecule has 0 rings (SSSR count). The standard InChI is InChI=1S/C34H69/c1-6-7-8-9-10-11-12-16-19-22-25-28-33(4)30-31-34(5)29-26-23-20-17-14-13-15-18-21-24-27-32(2)3/h32-34H,5-31H2,1-4H3. The first-order chi connectivity index (χ1) is 16.6. The van der Waals surface area contributed by atoms with Crippen molar-refractivity contribution in [1.82, 2.24) is 0 Å². The van der Waals surface area contributed by atoms with Crippen LogP contribution in [0.5, 0.6) is 0 Å². The van der Waals surface area contributed by atoms with Gasteiger partial charge in [0.2, 0.25) is 0 Å². The van der Waals surface area contributed by atoms with E-state index < -0.39 is 0 Å². The third kappa shape index (κ3) is 28.2. The molecule has 2 unspecified atom stereocenters. The van der Waals surface area contributed by atoms with Crippen LogP contribution in [0.1, 0.15) is 195 Å². The zero-order valence-electron chi connectivity index (χ0n) is 24.8. The zero-order chi connectivity index (χ0) is 25.1. The Labute approximate surface area is 219 Å². The second kappa shape index (κ2) is 27.6. The molecule has 205 valence electrons. The minimum Gasteiger partial charge on any atom is -0.0654 e. The van der Waals surface area contributed by atoms with Gasteiger partial charge in [0.25, 0.3) is 0 Å². The van der Waals surface area contributed by atoms with Crippen molar-refractivity contribution in [3.05, 3.63) is 6.92 Å². The van der Waals surface area contributed by atoms with E-state index in [1.807, 2.05) is 0 Å². The first kappa shape index (κ1) is 34.0. The Kier molecular flexibility index (Phi) is 27.6. The molecule has 0 aliphatic rings. The van der Waals surface area contributed by atoms with Crippen LogP contribution in [0.3, 0.4) is 0 Å². The van der Waals surface area contributed by atoms with Crippen molar-refractivity contribution in [2.75, 3.05) is 0 Å². The summed E-state index contributed by atoms with van der Waals surface area (Å²) in [5.74, 6) is 2.50. The van der Waals surface area contributed by atoms with Crippen LogP contribution < -0.4 is 0 Å². The van der Waals surface area contributed by atoms with Gasteiger partial charge in [-0.25, -0.2) is 0 Å². The van der Waals surface area contributed by atoms with Crippen LogP contribution in [0, 0.1) is 24.7 Å². The van der Waals surface area contributed by atoms with Gasteiger partial charge < -0.3 is 0 Å². The Balaban J connectivity index is 3.28. The molecule has 0 aliphatic heterocycles. The molecular weight excluding hydrogens is 408 g/mol. The number of hydrogen-bond donors (Lipinski definition) is 0. The third-order valence-electron chi connectivity index (χ3n) is 8.01. The van der Waals surface area contributed by atoms with Crippen molar-refractivity contribution < 1.29 is 0 Å². The van der Waals surface area contributed by atoms with Gasteiger partial charge in [0.05, 0.1) is 0 Å². The van der Waals surface area contributed by atoms with E-state index in [1.54, 1.807) is 0 Å². The van der Waals surface area contributed by atoms with Gasteiger partial charge in [-0.2, -0.15) is 0 Å². The van der Waals surface area contributed by atoms with Gasteiger partial charge in [-0.3, -0.25) is 0 Å². The summed E-state index contributed by atoms with van der Waals surface area (Å²) in [6.45, 7) is 13.9.